The maximum Gasteiger partial charge on any atom is 0.244 e. The molecular formula is C25H31ClFN3O4S. The van der Waals surface area contributed by atoms with Crippen LogP contribution in [0.1, 0.15) is 44.6 Å². The first-order chi connectivity index (χ1) is 16.6. The zero-order valence-electron chi connectivity index (χ0n) is 19.9. The van der Waals surface area contributed by atoms with E-state index in [1.165, 1.54) is 47.4 Å². The predicted molar refractivity (Wildman–Crippen MR) is 135 cm³/mol. The number of sulfonamides is 1. The van der Waals surface area contributed by atoms with Crippen LogP contribution in [-0.2, 0) is 26.2 Å². The summed E-state index contributed by atoms with van der Waals surface area (Å²) >= 11 is 5.93. The van der Waals surface area contributed by atoms with E-state index in [0.717, 1.165) is 42.7 Å². The summed E-state index contributed by atoms with van der Waals surface area (Å²) in [4.78, 5) is 27.8. The number of rotatable bonds is 9. The van der Waals surface area contributed by atoms with E-state index in [4.69, 9.17) is 11.6 Å². The van der Waals surface area contributed by atoms with Crippen LogP contribution in [0.2, 0.25) is 5.02 Å². The maximum absolute atomic E-state index is 14.4. The van der Waals surface area contributed by atoms with Crippen LogP contribution in [0.25, 0.3) is 0 Å². The molecule has 1 saturated carbocycles. The van der Waals surface area contributed by atoms with Gasteiger partial charge in [-0.1, -0.05) is 49.1 Å². The second-order valence-electron chi connectivity index (χ2n) is 8.88. The van der Waals surface area contributed by atoms with Crippen LogP contribution in [0.4, 0.5) is 10.1 Å². The van der Waals surface area contributed by atoms with Crippen LogP contribution in [0, 0.1) is 5.82 Å². The molecule has 0 spiro atoms. The number of halogens is 2. The molecule has 2 amide bonds. The highest BCUT2D eigenvalue weighted by Crippen LogP contribution is 2.22. The van der Waals surface area contributed by atoms with Gasteiger partial charge in [0.1, 0.15) is 18.4 Å². The van der Waals surface area contributed by atoms with Crippen molar-refractivity contribution < 1.29 is 22.4 Å². The fraction of sp³-hybridized carbons (Fsp3) is 0.440. The highest BCUT2D eigenvalue weighted by Gasteiger charge is 2.31. The zero-order valence-corrected chi connectivity index (χ0v) is 21.5. The molecule has 35 heavy (non-hydrogen) atoms. The van der Waals surface area contributed by atoms with Crippen LogP contribution in [0.15, 0.2) is 48.5 Å². The van der Waals surface area contributed by atoms with Gasteiger partial charge in [-0.05, 0) is 50.1 Å². The van der Waals surface area contributed by atoms with Gasteiger partial charge in [-0.2, -0.15) is 0 Å². The lowest BCUT2D eigenvalue weighted by Crippen LogP contribution is -2.53. The van der Waals surface area contributed by atoms with Gasteiger partial charge in [-0.15, -0.1) is 0 Å². The average molecular weight is 524 g/mol. The summed E-state index contributed by atoms with van der Waals surface area (Å²) in [6.45, 7) is 0.850. The van der Waals surface area contributed by atoms with Crippen LogP contribution in [-0.4, -0.2) is 50.0 Å². The standard InChI is InChI=1S/C25H31ClFN3O4S/c1-18(25(32)28-21-9-4-3-5-10-21)29(16-19-8-6-7-11-23(19)27)24(31)17-30(35(2,33)34)22-14-12-20(26)13-15-22/h6-8,11-15,18,21H,3-5,9-10,16-17H2,1-2H3,(H,28,32)/t18-/m0/s1. The summed E-state index contributed by atoms with van der Waals surface area (Å²) in [6, 6.07) is 11.1. The lowest BCUT2D eigenvalue weighted by molar-refractivity contribution is -0.139. The molecule has 1 aliphatic rings. The number of hydrogen-bond acceptors (Lipinski definition) is 4. The van der Waals surface area contributed by atoms with E-state index in [1.54, 1.807) is 13.0 Å². The Morgan fingerprint density at radius 3 is 2.31 bits per heavy atom. The SMILES string of the molecule is C[C@@H](C(=O)NC1CCCCC1)N(Cc1ccccc1F)C(=O)CN(c1ccc(Cl)cc1)S(C)(=O)=O. The van der Waals surface area contributed by atoms with Crippen molar-refractivity contribution in [2.24, 2.45) is 0 Å². The van der Waals surface area contributed by atoms with E-state index in [-0.39, 0.29) is 29.7 Å². The molecule has 0 aliphatic heterocycles. The normalized spacial score (nSPS) is 15.3. The molecule has 7 nitrogen and oxygen atoms in total. The van der Waals surface area contributed by atoms with Gasteiger partial charge < -0.3 is 10.2 Å². The van der Waals surface area contributed by atoms with E-state index in [2.05, 4.69) is 5.32 Å². The molecule has 10 heteroatoms. The number of hydrogen-bond donors (Lipinski definition) is 1. The largest absolute Gasteiger partial charge is 0.352 e. The smallest absolute Gasteiger partial charge is 0.244 e. The van der Waals surface area contributed by atoms with E-state index < -0.39 is 34.3 Å². The minimum Gasteiger partial charge on any atom is -0.352 e. The van der Waals surface area contributed by atoms with Gasteiger partial charge in [0, 0.05) is 23.2 Å². The summed E-state index contributed by atoms with van der Waals surface area (Å²) in [5, 5.41) is 3.42. The summed E-state index contributed by atoms with van der Waals surface area (Å²) in [6.07, 6.45) is 5.93. The number of amides is 2. The van der Waals surface area contributed by atoms with Crippen LogP contribution < -0.4 is 9.62 Å². The van der Waals surface area contributed by atoms with Gasteiger partial charge in [-0.25, -0.2) is 12.8 Å². The number of carbonyl (C=O) groups is 2. The van der Waals surface area contributed by atoms with Crippen LogP contribution >= 0.6 is 11.6 Å². The molecule has 1 fully saturated rings. The van der Waals surface area contributed by atoms with Crippen molar-refractivity contribution in [3.8, 4) is 0 Å². The Balaban J connectivity index is 1.87. The van der Waals surface area contributed by atoms with Crippen molar-refractivity contribution in [2.75, 3.05) is 17.1 Å². The van der Waals surface area contributed by atoms with Gasteiger partial charge in [0.25, 0.3) is 0 Å². The number of nitrogens with zero attached hydrogens (tertiary/aromatic N) is 2. The lowest BCUT2D eigenvalue weighted by Gasteiger charge is -2.33. The monoisotopic (exact) mass is 523 g/mol. The second kappa shape index (κ2) is 11.9. The third-order valence-corrected chi connectivity index (χ3v) is 7.60. The first kappa shape index (κ1) is 26.9. The molecule has 0 radical (unpaired) electrons. The van der Waals surface area contributed by atoms with Crippen LogP contribution in [0.3, 0.4) is 0 Å². The highest BCUT2D eigenvalue weighted by atomic mass is 35.5. The fourth-order valence-corrected chi connectivity index (χ4v) is 5.16. The maximum atomic E-state index is 14.4. The van der Waals surface area contributed by atoms with Crippen molar-refractivity contribution in [2.45, 2.75) is 57.7 Å². The third-order valence-electron chi connectivity index (χ3n) is 6.21. The minimum atomic E-state index is -3.84. The zero-order chi connectivity index (χ0) is 25.6. The number of benzene rings is 2. The molecule has 2 aromatic carbocycles. The molecule has 1 atom stereocenters. The molecule has 0 heterocycles. The molecule has 1 N–H and O–H groups in total. The van der Waals surface area contributed by atoms with Gasteiger partial charge in [0.15, 0.2) is 0 Å². The fourth-order valence-electron chi connectivity index (χ4n) is 4.18. The first-order valence-corrected chi connectivity index (χ1v) is 13.9. The summed E-state index contributed by atoms with van der Waals surface area (Å²) in [5.41, 5.74) is 0.492. The van der Waals surface area contributed by atoms with E-state index in [9.17, 15) is 22.4 Å². The van der Waals surface area contributed by atoms with Crippen molar-refractivity contribution in [3.63, 3.8) is 0 Å². The molecular weight excluding hydrogens is 493 g/mol. The number of carbonyl (C=O) groups excluding carboxylic acids is 2. The molecule has 1 aliphatic carbocycles. The molecule has 0 unspecified atom stereocenters. The van der Waals surface area contributed by atoms with Crippen molar-refractivity contribution >= 4 is 39.1 Å². The molecule has 2 aromatic rings. The topological polar surface area (TPSA) is 86.8 Å². The quantitative estimate of drug-likeness (QED) is 0.536. The van der Waals surface area contributed by atoms with E-state index in [0.29, 0.717) is 5.02 Å². The van der Waals surface area contributed by atoms with Gasteiger partial charge in [0.2, 0.25) is 21.8 Å². The average Bonchev–Trinajstić information content (AvgIpc) is 2.82. The summed E-state index contributed by atoms with van der Waals surface area (Å²) < 4.78 is 40.5. The Labute approximate surface area is 211 Å². The van der Waals surface area contributed by atoms with E-state index in [1.807, 2.05) is 0 Å². The minimum absolute atomic E-state index is 0.0331. The first-order valence-electron chi connectivity index (χ1n) is 11.6. The molecule has 190 valence electrons. The Morgan fingerprint density at radius 2 is 1.71 bits per heavy atom. The number of anilines is 1. The molecule has 0 aromatic heterocycles. The van der Waals surface area contributed by atoms with Gasteiger partial charge in [-0.3, -0.25) is 13.9 Å². The van der Waals surface area contributed by atoms with E-state index >= 15 is 0 Å². The van der Waals surface area contributed by atoms with Gasteiger partial charge >= 0.3 is 0 Å². The van der Waals surface area contributed by atoms with Crippen LogP contribution in [0.5, 0.6) is 0 Å². The predicted octanol–water partition coefficient (Wildman–Crippen LogP) is 4.11. The molecule has 0 saturated heterocycles. The molecule has 3 rings (SSSR count). The summed E-state index contributed by atoms with van der Waals surface area (Å²) in [7, 11) is -3.84. The Kier molecular flexibility index (Phi) is 9.13. The Morgan fingerprint density at radius 1 is 1.09 bits per heavy atom. The Bertz CT molecular complexity index is 1140. The second-order valence-corrected chi connectivity index (χ2v) is 11.2. The number of nitrogens with one attached hydrogen (secondary N) is 1. The molecule has 0 bridgehead atoms. The van der Waals surface area contributed by atoms with Crippen molar-refractivity contribution in [3.05, 3.63) is 64.9 Å². The van der Waals surface area contributed by atoms with Gasteiger partial charge in [0.05, 0.1) is 11.9 Å². The van der Waals surface area contributed by atoms with Crippen molar-refractivity contribution in [1.82, 2.24) is 10.2 Å². The van der Waals surface area contributed by atoms with Crippen molar-refractivity contribution in [1.29, 1.82) is 0 Å². The lowest BCUT2D eigenvalue weighted by atomic mass is 9.95. The highest BCUT2D eigenvalue weighted by molar-refractivity contribution is 7.92. The Hall–Kier alpha value is -2.65. The summed E-state index contributed by atoms with van der Waals surface area (Å²) in [5.74, 6) is -1.48. The third kappa shape index (κ3) is 7.41.